The maximum atomic E-state index is 11.9. The molecule has 0 radical (unpaired) electrons. The van der Waals surface area contributed by atoms with E-state index in [9.17, 15) is 16.8 Å². The molecule has 0 amide bonds. The number of sulfone groups is 1. The van der Waals surface area contributed by atoms with Crippen molar-refractivity contribution in [3.63, 3.8) is 0 Å². The molecular weight excluding hydrogens is 288 g/mol. The van der Waals surface area contributed by atoms with Crippen LogP contribution in [0.1, 0.15) is 26.7 Å². The van der Waals surface area contributed by atoms with Gasteiger partial charge in [-0.25, -0.2) is 21.1 Å². The summed E-state index contributed by atoms with van der Waals surface area (Å²) in [6.07, 6.45) is 2.51. The molecule has 19 heavy (non-hydrogen) atoms. The minimum atomic E-state index is -3.67. The largest absolute Gasteiger partial charge is 0.314 e. The van der Waals surface area contributed by atoms with Crippen LogP contribution in [-0.2, 0) is 19.9 Å². The first-order valence-corrected chi connectivity index (χ1v) is 10.2. The summed E-state index contributed by atoms with van der Waals surface area (Å²) in [5.74, 6) is 0.465. The lowest BCUT2D eigenvalue weighted by Crippen LogP contribution is -2.43. The monoisotopic (exact) mass is 312 g/mol. The highest BCUT2D eigenvalue weighted by Gasteiger charge is 2.30. The molecule has 8 heteroatoms. The van der Waals surface area contributed by atoms with Crippen LogP contribution >= 0.6 is 0 Å². The molecule has 0 bridgehead atoms. The molecule has 0 aromatic rings. The predicted octanol–water partition coefficient (Wildman–Crippen LogP) is 0.0283. The van der Waals surface area contributed by atoms with Gasteiger partial charge >= 0.3 is 0 Å². The van der Waals surface area contributed by atoms with E-state index in [1.165, 1.54) is 4.31 Å². The van der Waals surface area contributed by atoms with Gasteiger partial charge in [-0.1, -0.05) is 13.8 Å². The van der Waals surface area contributed by atoms with Crippen molar-refractivity contribution < 1.29 is 16.8 Å². The zero-order valence-corrected chi connectivity index (χ0v) is 13.4. The van der Waals surface area contributed by atoms with Gasteiger partial charge in [0.2, 0.25) is 10.0 Å². The summed E-state index contributed by atoms with van der Waals surface area (Å²) >= 11 is 0. The summed E-state index contributed by atoms with van der Waals surface area (Å²) in [5, 5.41) is 2.56. The molecule has 1 aliphatic rings. The van der Waals surface area contributed by atoms with Crippen LogP contribution in [0.2, 0.25) is 0 Å². The van der Waals surface area contributed by atoms with Crippen LogP contribution in [0.15, 0.2) is 0 Å². The van der Waals surface area contributed by atoms with Crippen molar-refractivity contribution in [2.24, 2.45) is 5.92 Å². The lowest BCUT2D eigenvalue weighted by molar-refractivity contribution is 0.264. The molecule has 1 N–H and O–H groups in total. The second-order valence-electron chi connectivity index (χ2n) is 5.56. The average molecular weight is 312 g/mol. The van der Waals surface area contributed by atoms with Gasteiger partial charge in [0, 0.05) is 25.4 Å². The molecule has 6 nitrogen and oxygen atoms in total. The van der Waals surface area contributed by atoms with E-state index in [1.54, 1.807) is 0 Å². The fourth-order valence-electron chi connectivity index (χ4n) is 2.14. The van der Waals surface area contributed by atoms with Gasteiger partial charge in [-0.3, -0.25) is 0 Å². The minimum absolute atomic E-state index is 0.419. The predicted molar refractivity (Wildman–Crippen MR) is 76.1 cm³/mol. The van der Waals surface area contributed by atoms with E-state index in [1.807, 2.05) is 0 Å². The third kappa shape index (κ3) is 6.20. The van der Waals surface area contributed by atoms with Gasteiger partial charge in [0.15, 0.2) is 14.9 Å². The topological polar surface area (TPSA) is 83.6 Å². The zero-order valence-electron chi connectivity index (χ0n) is 11.8. The number of hydrogen-bond acceptors (Lipinski definition) is 5. The molecular formula is C11H24N2O4S2. The second-order valence-corrected chi connectivity index (χ2v) is 10.0. The number of hydrogen-bond donors (Lipinski definition) is 1. The summed E-state index contributed by atoms with van der Waals surface area (Å²) in [4.78, 5) is 0. The Labute approximate surface area is 116 Å². The molecule has 0 saturated carbocycles. The van der Waals surface area contributed by atoms with E-state index in [0.29, 0.717) is 25.0 Å². The minimum Gasteiger partial charge on any atom is -0.314 e. The molecule has 114 valence electrons. The maximum Gasteiger partial charge on any atom is 0.228 e. The van der Waals surface area contributed by atoms with E-state index in [2.05, 4.69) is 19.2 Å². The van der Waals surface area contributed by atoms with Gasteiger partial charge in [0.05, 0.1) is 0 Å². The Kier molecular flexibility index (Phi) is 5.78. The highest BCUT2D eigenvalue weighted by molar-refractivity contribution is 8.06. The molecule has 0 spiro atoms. The van der Waals surface area contributed by atoms with Crippen LogP contribution in [0, 0.1) is 5.92 Å². The summed E-state index contributed by atoms with van der Waals surface area (Å²) < 4.78 is 47.3. The number of rotatable bonds is 6. The first kappa shape index (κ1) is 16.9. The Morgan fingerprint density at radius 3 is 2.11 bits per heavy atom. The average Bonchev–Trinajstić information content (AvgIpc) is 2.23. The van der Waals surface area contributed by atoms with Crippen molar-refractivity contribution in [3.05, 3.63) is 0 Å². The SMILES string of the molecule is CC(C)NCC1CCN(S(=O)(=O)CS(C)(=O)=O)CC1. The Morgan fingerprint density at radius 1 is 1.16 bits per heavy atom. The van der Waals surface area contributed by atoms with Crippen molar-refractivity contribution >= 4 is 19.9 Å². The van der Waals surface area contributed by atoms with E-state index < -0.39 is 24.9 Å². The van der Waals surface area contributed by atoms with E-state index in [4.69, 9.17) is 0 Å². The quantitative estimate of drug-likeness (QED) is 0.748. The Morgan fingerprint density at radius 2 is 1.68 bits per heavy atom. The van der Waals surface area contributed by atoms with Gasteiger partial charge < -0.3 is 5.32 Å². The van der Waals surface area contributed by atoms with Crippen molar-refractivity contribution in [1.82, 2.24) is 9.62 Å². The van der Waals surface area contributed by atoms with Crippen LogP contribution in [-0.4, -0.2) is 58.2 Å². The molecule has 1 heterocycles. The van der Waals surface area contributed by atoms with Gasteiger partial charge in [0.1, 0.15) is 0 Å². The van der Waals surface area contributed by atoms with Gasteiger partial charge in [-0.15, -0.1) is 0 Å². The second kappa shape index (κ2) is 6.51. The standard InChI is InChI=1S/C11H24N2O4S2/c1-10(2)12-8-11-4-6-13(7-5-11)19(16,17)9-18(3,14)15/h10-12H,4-9H2,1-3H3. The number of piperidine rings is 1. The fraction of sp³-hybridized carbons (Fsp3) is 1.00. The van der Waals surface area contributed by atoms with Gasteiger partial charge in [-0.05, 0) is 25.3 Å². The molecule has 1 saturated heterocycles. The van der Waals surface area contributed by atoms with Crippen LogP contribution in [0.3, 0.4) is 0 Å². The Balaban J connectivity index is 2.49. The maximum absolute atomic E-state index is 11.9. The van der Waals surface area contributed by atoms with Gasteiger partial charge in [-0.2, -0.15) is 0 Å². The van der Waals surface area contributed by atoms with Crippen molar-refractivity contribution in [3.8, 4) is 0 Å². The number of nitrogens with zero attached hydrogens (tertiary/aromatic N) is 1. The first-order chi connectivity index (χ1) is 8.60. The fourth-order valence-corrected chi connectivity index (χ4v) is 5.67. The smallest absolute Gasteiger partial charge is 0.228 e. The third-order valence-corrected chi connectivity index (χ3v) is 7.20. The molecule has 0 atom stereocenters. The summed E-state index contributed by atoms with van der Waals surface area (Å²) in [6, 6.07) is 0.423. The molecule has 1 rings (SSSR count). The highest BCUT2D eigenvalue weighted by Crippen LogP contribution is 2.19. The van der Waals surface area contributed by atoms with E-state index in [0.717, 1.165) is 25.6 Å². The van der Waals surface area contributed by atoms with E-state index >= 15 is 0 Å². The highest BCUT2D eigenvalue weighted by atomic mass is 32.3. The van der Waals surface area contributed by atoms with E-state index in [-0.39, 0.29) is 0 Å². The van der Waals surface area contributed by atoms with Crippen LogP contribution in [0.4, 0.5) is 0 Å². The molecule has 0 aromatic carbocycles. The zero-order chi connectivity index (χ0) is 14.7. The molecule has 0 aliphatic carbocycles. The normalized spacial score (nSPS) is 20.0. The molecule has 1 aliphatic heterocycles. The molecule has 1 fully saturated rings. The Bertz CT molecular complexity index is 477. The summed E-state index contributed by atoms with van der Waals surface area (Å²) in [7, 11) is -7.18. The lowest BCUT2D eigenvalue weighted by atomic mass is 9.98. The van der Waals surface area contributed by atoms with Crippen molar-refractivity contribution in [2.45, 2.75) is 32.7 Å². The Hall–Kier alpha value is -0.180. The summed E-state index contributed by atoms with van der Waals surface area (Å²) in [6.45, 7) is 5.87. The number of nitrogens with one attached hydrogen (secondary N) is 1. The molecule has 0 aromatic heterocycles. The van der Waals surface area contributed by atoms with Crippen molar-refractivity contribution in [1.29, 1.82) is 0 Å². The van der Waals surface area contributed by atoms with Crippen LogP contribution < -0.4 is 5.32 Å². The molecule has 0 unspecified atom stereocenters. The van der Waals surface area contributed by atoms with Crippen molar-refractivity contribution in [2.75, 3.05) is 31.0 Å². The number of sulfonamides is 1. The van der Waals surface area contributed by atoms with Crippen LogP contribution in [0.25, 0.3) is 0 Å². The third-order valence-electron chi connectivity index (χ3n) is 3.14. The first-order valence-electron chi connectivity index (χ1n) is 6.49. The van der Waals surface area contributed by atoms with Crippen LogP contribution in [0.5, 0.6) is 0 Å². The summed E-state index contributed by atoms with van der Waals surface area (Å²) in [5.41, 5.74) is 0. The lowest BCUT2D eigenvalue weighted by Gasteiger charge is -2.31. The van der Waals surface area contributed by atoms with Gasteiger partial charge in [0.25, 0.3) is 0 Å².